The van der Waals surface area contributed by atoms with Gasteiger partial charge in [0.15, 0.2) is 0 Å². The number of ether oxygens (including phenoxy) is 1. The molecule has 0 bridgehead atoms. The predicted molar refractivity (Wildman–Crippen MR) is 73.0 cm³/mol. The van der Waals surface area contributed by atoms with Crippen LogP contribution < -0.4 is 5.32 Å². The molecule has 5 nitrogen and oxygen atoms in total. The van der Waals surface area contributed by atoms with Crippen LogP contribution in [0.5, 0.6) is 0 Å². The van der Waals surface area contributed by atoms with Crippen LogP contribution in [0.15, 0.2) is 0 Å². The van der Waals surface area contributed by atoms with Crippen molar-refractivity contribution in [1.29, 1.82) is 0 Å². The van der Waals surface area contributed by atoms with Crippen LogP contribution in [0.1, 0.15) is 25.7 Å². The van der Waals surface area contributed by atoms with Crippen LogP contribution in [0.4, 0.5) is 0 Å². The minimum Gasteiger partial charge on any atom is -0.378 e. The van der Waals surface area contributed by atoms with Gasteiger partial charge >= 0.3 is 0 Å². The summed E-state index contributed by atoms with van der Waals surface area (Å²) in [5, 5.41) is 3.37. The topological polar surface area (TPSA) is 44.8 Å². The molecule has 19 heavy (non-hydrogen) atoms. The first kappa shape index (κ1) is 13.3. The lowest BCUT2D eigenvalue weighted by Gasteiger charge is -2.29. The van der Waals surface area contributed by atoms with Gasteiger partial charge in [0.1, 0.15) is 0 Å². The fourth-order valence-electron chi connectivity index (χ4n) is 3.52. The fourth-order valence-corrected chi connectivity index (χ4v) is 3.52. The van der Waals surface area contributed by atoms with E-state index in [1.165, 1.54) is 25.9 Å². The van der Waals surface area contributed by atoms with Crippen molar-refractivity contribution in [2.24, 2.45) is 0 Å². The highest BCUT2D eigenvalue weighted by molar-refractivity contribution is 5.77. The molecule has 3 aliphatic rings. The van der Waals surface area contributed by atoms with E-state index in [2.05, 4.69) is 15.1 Å². The zero-order valence-corrected chi connectivity index (χ0v) is 11.6. The van der Waals surface area contributed by atoms with Gasteiger partial charge in [0.2, 0.25) is 5.91 Å². The largest absolute Gasteiger partial charge is 0.378 e. The number of hydrogen-bond acceptors (Lipinski definition) is 4. The molecule has 0 saturated carbocycles. The summed E-state index contributed by atoms with van der Waals surface area (Å²) in [4.78, 5) is 17.1. The van der Waals surface area contributed by atoms with Crippen LogP contribution in [0, 0.1) is 0 Å². The minimum absolute atomic E-state index is 0.212. The number of rotatable bonds is 2. The highest BCUT2D eigenvalue weighted by Crippen LogP contribution is 2.21. The van der Waals surface area contributed by atoms with Crippen molar-refractivity contribution in [2.75, 3.05) is 45.9 Å². The Bertz CT molecular complexity index is 318. The molecule has 3 heterocycles. The van der Waals surface area contributed by atoms with Gasteiger partial charge < -0.3 is 15.0 Å². The van der Waals surface area contributed by atoms with Crippen molar-refractivity contribution in [3.8, 4) is 0 Å². The Morgan fingerprint density at radius 3 is 3.00 bits per heavy atom. The molecule has 1 amide bonds. The molecule has 0 spiro atoms. The SMILES string of the molecule is O=C(CC1COCCN1)N1CCCN2CCCC2C1. The third-order valence-corrected chi connectivity index (χ3v) is 4.58. The average molecular weight is 267 g/mol. The number of nitrogens with one attached hydrogen (secondary N) is 1. The molecule has 3 fully saturated rings. The summed E-state index contributed by atoms with van der Waals surface area (Å²) in [5.74, 6) is 0.303. The van der Waals surface area contributed by atoms with Gasteiger partial charge in [0, 0.05) is 44.7 Å². The number of carbonyl (C=O) groups is 1. The number of nitrogens with zero attached hydrogens (tertiary/aromatic N) is 2. The third-order valence-electron chi connectivity index (χ3n) is 4.58. The molecular weight excluding hydrogens is 242 g/mol. The zero-order chi connectivity index (χ0) is 13.1. The maximum absolute atomic E-state index is 12.4. The van der Waals surface area contributed by atoms with Crippen LogP contribution in [-0.4, -0.2) is 73.7 Å². The second-order valence-electron chi connectivity index (χ2n) is 5.96. The number of hydrogen-bond donors (Lipinski definition) is 1. The fraction of sp³-hybridized carbons (Fsp3) is 0.929. The molecule has 0 aliphatic carbocycles. The number of carbonyl (C=O) groups excluding carboxylic acids is 1. The minimum atomic E-state index is 0.212. The van der Waals surface area contributed by atoms with E-state index in [1.54, 1.807) is 0 Å². The number of morpholine rings is 1. The van der Waals surface area contributed by atoms with Crippen molar-refractivity contribution < 1.29 is 9.53 Å². The van der Waals surface area contributed by atoms with Crippen molar-refractivity contribution in [1.82, 2.24) is 15.1 Å². The first-order chi connectivity index (χ1) is 9.33. The summed E-state index contributed by atoms with van der Waals surface area (Å²) in [6, 6.07) is 0.825. The van der Waals surface area contributed by atoms with E-state index in [0.29, 0.717) is 25.0 Å². The second-order valence-corrected chi connectivity index (χ2v) is 5.96. The van der Waals surface area contributed by atoms with Gasteiger partial charge in [-0.05, 0) is 25.8 Å². The lowest BCUT2D eigenvalue weighted by Crippen LogP contribution is -2.46. The van der Waals surface area contributed by atoms with E-state index in [9.17, 15) is 4.79 Å². The molecule has 2 unspecified atom stereocenters. The Balaban J connectivity index is 1.53. The summed E-state index contributed by atoms with van der Waals surface area (Å²) in [5.41, 5.74) is 0. The summed E-state index contributed by atoms with van der Waals surface area (Å²) >= 11 is 0. The van der Waals surface area contributed by atoms with Gasteiger partial charge in [-0.3, -0.25) is 9.69 Å². The highest BCUT2D eigenvalue weighted by Gasteiger charge is 2.31. The van der Waals surface area contributed by atoms with E-state index in [-0.39, 0.29) is 6.04 Å². The first-order valence-corrected chi connectivity index (χ1v) is 7.66. The van der Waals surface area contributed by atoms with E-state index >= 15 is 0 Å². The summed E-state index contributed by atoms with van der Waals surface area (Å²) in [6.45, 7) is 6.57. The summed E-state index contributed by atoms with van der Waals surface area (Å²) in [7, 11) is 0. The van der Waals surface area contributed by atoms with Gasteiger partial charge in [-0.15, -0.1) is 0 Å². The molecule has 3 rings (SSSR count). The average Bonchev–Trinajstić information content (AvgIpc) is 2.77. The van der Waals surface area contributed by atoms with Gasteiger partial charge in [-0.25, -0.2) is 0 Å². The quantitative estimate of drug-likeness (QED) is 0.768. The van der Waals surface area contributed by atoms with Crippen molar-refractivity contribution in [3.63, 3.8) is 0 Å². The monoisotopic (exact) mass is 267 g/mol. The Morgan fingerprint density at radius 2 is 2.16 bits per heavy atom. The molecule has 2 atom stereocenters. The standard InChI is InChI=1S/C14H25N3O2/c18-14(9-12-11-19-8-4-15-12)17-7-2-6-16-5-1-3-13(16)10-17/h12-13,15H,1-11H2. The summed E-state index contributed by atoms with van der Waals surface area (Å²) < 4.78 is 5.42. The molecule has 0 aromatic heterocycles. The Morgan fingerprint density at radius 1 is 1.26 bits per heavy atom. The maximum Gasteiger partial charge on any atom is 0.224 e. The summed E-state index contributed by atoms with van der Waals surface area (Å²) in [6.07, 6.45) is 4.27. The van der Waals surface area contributed by atoms with Crippen molar-refractivity contribution in [3.05, 3.63) is 0 Å². The second kappa shape index (κ2) is 6.20. The molecule has 108 valence electrons. The number of fused-ring (bicyclic) bond motifs is 1. The Labute approximate surface area is 115 Å². The van der Waals surface area contributed by atoms with Gasteiger partial charge in [0.05, 0.1) is 13.2 Å². The molecule has 0 radical (unpaired) electrons. The van der Waals surface area contributed by atoms with Crippen LogP contribution in [0.2, 0.25) is 0 Å². The predicted octanol–water partition coefficient (Wildman–Crippen LogP) is 0.0616. The molecular formula is C14H25N3O2. The molecule has 0 aromatic carbocycles. The van der Waals surface area contributed by atoms with E-state index in [1.807, 2.05) is 0 Å². The van der Waals surface area contributed by atoms with Gasteiger partial charge in [0.25, 0.3) is 0 Å². The highest BCUT2D eigenvalue weighted by atomic mass is 16.5. The molecule has 5 heteroatoms. The number of amides is 1. The molecule has 1 N–H and O–H groups in total. The van der Waals surface area contributed by atoms with Gasteiger partial charge in [-0.1, -0.05) is 0 Å². The maximum atomic E-state index is 12.4. The van der Waals surface area contributed by atoms with Crippen molar-refractivity contribution >= 4 is 5.91 Å². The molecule has 3 aliphatic heterocycles. The Kier molecular flexibility index (Phi) is 4.35. The Hall–Kier alpha value is -0.650. The first-order valence-electron chi connectivity index (χ1n) is 7.66. The van der Waals surface area contributed by atoms with E-state index in [0.717, 1.165) is 32.7 Å². The third kappa shape index (κ3) is 3.27. The van der Waals surface area contributed by atoms with Crippen LogP contribution in [-0.2, 0) is 9.53 Å². The normalized spacial score (nSPS) is 32.9. The lowest BCUT2D eigenvalue weighted by molar-refractivity contribution is -0.132. The zero-order valence-electron chi connectivity index (χ0n) is 11.6. The van der Waals surface area contributed by atoms with Gasteiger partial charge in [-0.2, -0.15) is 0 Å². The molecule has 0 aromatic rings. The van der Waals surface area contributed by atoms with E-state index in [4.69, 9.17) is 4.74 Å². The van der Waals surface area contributed by atoms with E-state index < -0.39 is 0 Å². The smallest absolute Gasteiger partial charge is 0.224 e. The van der Waals surface area contributed by atoms with Crippen molar-refractivity contribution in [2.45, 2.75) is 37.8 Å². The lowest BCUT2D eigenvalue weighted by atomic mass is 10.1. The van der Waals surface area contributed by atoms with Crippen LogP contribution >= 0.6 is 0 Å². The van der Waals surface area contributed by atoms with Crippen LogP contribution in [0.3, 0.4) is 0 Å². The molecule has 3 saturated heterocycles. The van der Waals surface area contributed by atoms with Crippen LogP contribution in [0.25, 0.3) is 0 Å².